The molecule has 0 fully saturated rings. The molecule has 188 valence electrons. The van der Waals surface area contributed by atoms with Crippen LogP contribution in [-0.4, -0.2) is 31.3 Å². The first-order valence-electron chi connectivity index (χ1n) is 11.5. The van der Waals surface area contributed by atoms with E-state index < -0.39 is 30.0 Å². The van der Waals surface area contributed by atoms with Crippen molar-refractivity contribution < 1.29 is 26.7 Å². The van der Waals surface area contributed by atoms with Crippen molar-refractivity contribution in [3.05, 3.63) is 53.6 Å². The second kappa shape index (κ2) is 12.6. The number of hydrogen-bond donors (Lipinski definition) is 2. The van der Waals surface area contributed by atoms with Crippen LogP contribution in [0.25, 0.3) is 0 Å². The molecule has 0 unspecified atom stereocenters. The first-order chi connectivity index (χ1) is 16.1. The van der Waals surface area contributed by atoms with Gasteiger partial charge in [-0.1, -0.05) is 31.9 Å². The van der Waals surface area contributed by atoms with Crippen LogP contribution in [0.2, 0.25) is 0 Å². The average Bonchev–Trinajstić information content (AvgIpc) is 2.82. The van der Waals surface area contributed by atoms with Gasteiger partial charge in [0.05, 0.1) is 16.9 Å². The van der Waals surface area contributed by atoms with Crippen molar-refractivity contribution in [3.63, 3.8) is 0 Å². The molecule has 0 aliphatic heterocycles. The van der Waals surface area contributed by atoms with Crippen molar-refractivity contribution in [2.75, 3.05) is 28.6 Å². The molecule has 0 heterocycles. The molecule has 0 aliphatic carbocycles. The second-order valence-corrected chi connectivity index (χ2v) is 8.00. The molecule has 2 rings (SSSR count). The van der Waals surface area contributed by atoms with Crippen LogP contribution >= 0.6 is 0 Å². The minimum Gasteiger partial charge on any atom is -0.381 e. The molecule has 2 atom stereocenters. The van der Waals surface area contributed by atoms with Crippen LogP contribution < -0.4 is 15.5 Å². The van der Waals surface area contributed by atoms with E-state index in [4.69, 9.17) is 0 Å². The Morgan fingerprint density at radius 2 is 1.65 bits per heavy atom. The fraction of sp³-hybridized carbons (Fsp3) is 0.480. The van der Waals surface area contributed by atoms with E-state index in [1.165, 1.54) is 12.1 Å². The van der Waals surface area contributed by atoms with E-state index in [9.17, 15) is 26.7 Å². The summed E-state index contributed by atoms with van der Waals surface area (Å²) in [4.78, 5) is 14.3. The van der Waals surface area contributed by atoms with Crippen LogP contribution in [0.3, 0.4) is 0 Å². The number of nitrogens with one attached hydrogen (secondary N) is 2. The van der Waals surface area contributed by atoms with E-state index in [2.05, 4.69) is 10.6 Å². The van der Waals surface area contributed by atoms with Gasteiger partial charge in [-0.2, -0.15) is 13.2 Å². The van der Waals surface area contributed by atoms with Crippen molar-refractivity contribution in [2.24, 2.45) is 0 Å². The van der Waals surface area contributed by atoms with Gasteiger partial charge in [-0.3, -0.25) is 4.79 Å². The van der Waals surface area contributed by atoms with Gasteiger partial charge >= 0.3 is 6.18 Å². The molecule has 0 aromatic heterocycles. The van der Waals surface area contributed by atoms with E-state index in [1.807, 2.05) is 25.7 Å². The van der Waals surface area contributed by atoms with Crippen LogP contribution in [0.5, 0.6) is 0 Å². The lowest BCUT2D eigenvalue weighted by atomic mass is 10.1. The minimum absolute atomic E-state index is 0.0131. The zero-order valence-electron chi connectivity index (χ0n) is 19.7. The molecule has 0 spiro atoms. The van der Waals surface area contributed by atoms with Crippen molar-refractivity contribution in [3.8, 4) is 0 Å². The molecule has 2 N–H and O–H groups in total. The standard InChI is InChI=1S/C25H32F5N3O/c1-4-7-8-20(26)23(27)24(34)32-21-14-13-19(15-22(21)33(5-2)6-3)31-16-17-9-11-18(12-10-17)25(28,29)30/h9-15,20,23,31H,4-8,16H2,1-3H3,(H,32,34)/t20-,23+/m1/s1. The molecule has 0 radical (unpaired) electrons. The van der Waals surface area contributed by atoms with Gasteiger partial charge in [0.2, 0.25) is 6.17 Å². The van der Waals surface area contributed by atoms with Crippen LogP contribution in [-0.2, 0) is 17.5 Å². The third kappa shape index (κ3) is 7.60. The van der Waals surface area contributed by atoms with Gasteiger partial charge < -0.3 is 15.5 Å². The lowest BCUT2D eigenvalue weighted by molar-refractivity contribution is -0.137. The van der Waals surface area contributed by atoms with E-state index in [1.54, 1.807) is 18.2 Å². The van der Waals surface area contributed by atoms with Crippen molar-refractivity contribution in [2.45, 2.75) is 65.1 Å². The van der Waals surface area contributed by atoms with Crippen molar-refractivity contribution in [1.29, 1.82) is 0 Å². The molecule has 34 heavy (non-hydrogen) atoms. The normalized spacial score (nSPS) is 13.3. The van der Waals surface area contributed by atoms with E-state index >= 15 is 0 Å². The fourth-order valence-electron chi connectivity index (χ4n) is 3.50. The molecule has 0 bridgehead atoms. The summed E-state index contributed by atoms with van der Waals surface area (Å²) < 4.78 is 66.5. The summed E-state index contributed by atoms with van der Waals surface area (Å²) >= 11 is 0. The molecular weight excluding hydrogens is 453 g/mol. The Labute approximate surface area is 197 Å². The number of rotatable bonds is 12. The second-order valence-electron chi connectivity index (χ2n) is 8.00. The highest BCUT2D eigenvalue weighted by Crippen LogP contribution is 2.31. The zero-order valence-corrected chi connectivity index (χ0v) is 19.7. The summed E-state index contributed by atoms with van der Waals surface area (Å²) in [5.74, 6) is -1.03. The Balaban J connectivity index is 2.16. The Morgan fingerprint density at radius 3 is 2.21 bits per heavy atom. The number of amides is 1. The van der Waals surface area contributed by atoms with Crippen LogP contribution in [0.4, 0.5) is 39.0 Å². The number of carbonyl (C=O) groups is 1. The number of anilines is 3. The van der Waals surface area contributed by atoms with Crippen LogP contribution in [0.15, 0.2) is 42.5 Å². The predicted octanol–water partition coefficient (Wildman–Crippen LogP) is 6.97. The molecule has 0 saturated heterocycles. The first-order valence-corrected chi connectivity index (χ1v) is 11.5. The molecular formula is C25H32F5N3O. The van der Waals surface area contributed by atoms with Crippen LogP contribution in [0.1, 0.15) is 51.2 Å². The number of unbranched alkanes of at least 4 members (excludes halogenated alkanes) is 1. The zero-order chi connectivity index (χ0) is 25.3. The highest BCUT2D eigenvalue weighted by atomic mass is 19.4. The lowest BCUT2D eigenvalue weighted by Crippen LogP contribution is -2.33. The first kappa shape index (κ1) is 27.4. The smallest absolute Gasteiger partial charge is 0.381 e. The highest BCUT2D eigenvalue weighted by molar-refractivity contribution is 5.98. The molecule has 1 amide bonds. The van der Waals surface area contributed by atoms with E-state index in [-0.39, 0.29) is 13.0 Å². The number of nitrogens with zero attached hydrogens (tertiary/aromatic N) is 1. The average molecular weight is 486 g/mol. The monoisotopic (exact) mass is 485 g/mol. The molecule has 2 aromatic rings. The maximum atomic E-state index is 14.3. The van der Waals surface area contributed by atoms with Gasteiger partial charge in [0.25, 0.3) is 5.91 Å². The number of halogens is 5. The Kier molecular flexibility index (Phi) is 10.1. The molecule has 2 aromatic carbocycles. The topological polar surface area (TPSA) is 44.4 Å². The summed E-state index contributed by atoms with van der Waals surface area (Å²) in [5, 5.41) is 5.66. The summed E-state index contributed by atoms with van der Waals surface area (Å²) in [6.07, 6.45) is -7.31. The largest absolute Gasteiger partial charge is 0.416 e. The third-order valence-corrected chi connectivity index (χ3v) is 5.54. The quantitative estimate of drug-likeness (QED) is 0.319. The molecule has 0 saturated carbocycles. The van der Waals surface area contributed by atoms with Gasteiger partial charge in [0.1, 0.15) is 6.17 Å². The fourth-order valence-corrected chi connectivity index (χ4v) is 3.50. The summed E-state index contributed by atoms with van der Waals surface area (Å²) in [5.41, 5.74) is 1.61. The van der Waals surface area contributed by atoms with Gasteiger partial charge in [0.15, 0.2) is 0 Å². The van der Waals surface area contributed by atoms with Crippen LogP contribution in [0, 0.1) is 0 Å². The predicted molar refractivity (Wildman–Crippen MR) is 127 cm³/mol. The SMILES string of the molecule is CCCC[C@@H](F)[C@H](F)C(=O)Nc1ccc(NCc2ccc(C(F)(F)F)cc2)cc1N(CC)CC. The molecule has 9 heteroatoms. The van der Waals surface area contributed by atoms with E-state index in [0.717, 1.165) is 12.1 Å². The van der Waals surface area contributed by atoms with Gasteiger partial charge in [-0.15, -0.1) is 0 Å². The van der Waals surface area contributed by atoms with E-state index in [0.29, 0.717) is 48.6 Å². The minimum atomic E-state index is -4.39. The molecule has 0 aliphatic rings. The Hall–Kier alpha value is -2.84. The highest BCUT2D eigenvalue weighted by Gasteiger charge is 2.30. The number of alkyl halides is 5. The summed E-state index contributed by atoms with van der Waals surface area (Å²) in [6.45, 7) is 7.24. The van der Waals surface area contributed by atoms with Gasteiger partial charge in [-0.25, -0.2) is 8.78 Å². The maximum Gasteiger partial charge on any atom is 0.416 e. The summed E-state index contributed by atoms with van der Waals surface area (Å²) in [7, 11) is 0. The maximum absolute atomic E-state index is 14.3. The Morgan fingerprint density at radius 1 is 1.00 bits per heavy atom. The number of benzene rings is 2. The van der Waals surface area contributed by atoms with Gasteiger partial charge in [-0.05, 0) is 56.2 Å². The van der Waals surface area contributed by atoms with Crippen molar-refractivity contribution >= 4 is 23.0 Å². The lowest BCUT2D eigenvalue weighted by Gasteiger charge is -2.26. The summed E-state index contributed by atoms with van der Waals surface area (Å²) in [6, 6.07) is 9.92. The third-order valence-electron chi connectivity index (χ3n) is 5.54. The van der Waals surface area contributed by atoms with Crippen molar-refractivity contribution in [1.82, 2.24) is 0 Å². The van der Waals surface area contributed by atoms with Gasteiger partial charge in [0, 0.05) is 25.3 Å². The number of carbonyl (C=O) groups excluding carboxylic acids is 1. The molecule has 4 nitrogen and oxygen atoms in total. The number of hydrogen-bond acceptors (Lipinski definition) is 3. The Bertz CT molecular complexity index is 914.